The van der Waals surface area contributed by atoms with Crippen molar-refractivity contribution in [3.8, 4) is 17.1 Å². The van der Waals surface area contributed by atoms with Gasteiger partial charge in [-0.05, 0) is 41.8 Å². The average Bonchev–Trinajstić information content (AvgIpc) is 2.72. The number of rotatable bonds is 8. The number of hydrogen-bond acceptors (Lipinski definition) is 6. The minimum atomic E-state index is -1.42. The van der Waals surface area contributed by atoms with E-state index in [0.29, 0.717) is 22.5 Å². The van der Waals surface area contributed by atoms with Crippen molar-refractivity contribution in [1.82, 2.24) is 5.32 Å². The van der Waals surface area contributed by atoms with Gasteiger partial charge in [0.25, 0.3) is 5.91 Å². The van der Waals surface area contributed by atoms with E-state index in [1.54, 1.807) is 42.5 Å². The Hall–Kier alpha value is -4.14. The van der Waals surface area contributed by atoms with Crippen LogP contribution in [0.2, 0.25) is 0 Å². The molecule has 1 atom stereocenters. The Labute approximate surface area is 170 Å². The molecule has 0 fully saturated rings. The maximum Gasteiger partial charge on any atom is 0.344 e. The van der Waals surface area contributed by atoms with Crippen LogP contribution in [-0.2, 0) is 14.4 Å². The number of aliphatic carboxylic acids is 1. The standard InChI is InChI=1S/C21H18N2O7/c22-18(24)10-16(20(26)27)23-19(25)11-29-14-7-5-12(6-8-14)17-9-13-3-1-2-4-15(13)21(28)30-17/h1-9,16H,10-11H2,(H2,22,24)(H,23,25)(H,26,27)/t16-/m1/s1. The zero-order chi connectivity index (χ0) is 21.7. The predicted octanol–water partition coefficient (Wildman–Crippen LogP) is 1.28. The van der Waals surface area contributed by atoms with E-state index in [9.17, 15) is 19.2 Å². The van der Waals surface area contributed by atoms with Crippen LogP contribution in [0.25, 0.3) is 22.1 Å². The van der Waals surface area contributed by atoms with Crippen LogP contribution >= 0.6 is 0 Å². The normalized spacial score (nSPS) is 11.6. The van der Waals surface area contributed by atoms with E-state index >= 15 is 0 Å². The van der Waals surface area contributed by atoms with Crippen molar-refractivity contribution in [3.05, 3.63) is 65.0 Å². The first-order valence-electron chi connectivity index (χ1n) is 8.90. The second kappa shape index (κ2) is 8.91. The molecule has 0 saturated heterocycles. The van der Waals surface area contributed by atoms with E-state index in [1.165, 1.54) is 0 Å². The molecule has 0 unspecified atom stereocenters. The number of fused-ring (bicyclic) bond motifs is 1. The largest absolute Gasteiger partial charge is 0.484 e. The molecule has 0 spiro atoms. The first-order chi connectivity index (χ1) is 14.3. The first-order valence-corrected chi connectivity index (χ1v) is 8.90. The number of benzene rings is 2. The minimum absolute atomic E-state index is 0.346. The summed E-state index contributed by atoms with van der Waals surface area (Å²) in [6.45, 7) is -0.451. The molecule has 9 heteroatoms. The third-order valence-electron chi connectivity index (χ3n) is 4.22. The number of amides is 2. The van der Waals surface area contributed by atoms with Gasteiger partial charge in [0.05, 0.1) is 11.8 Å². The highest BCUT2D eigenvalue weighted by molar-refractivity contribution is 5.88. The summed E-state index contributed by atoms with van der Waals surface area (Å²) in [5, 5.41) is 12.4. The molecule has 30 heavy (non-hydrogen) atoms. The van der Waals surface area contributed by atoms with Crippen LogP contribution in [-0.4, -0.2) is 35.5 Å². The first kappa shape index (κ1) is 20.6. The Kier molecular flexibility index (Phi) is 6.11. The molecule has 0 aliphatic heterocycles. The number of primary amides is 1. The molecule has 154 valence electrons. The number of hydrogen-bond donors (Lipinski definition) is 3. The Morgan fingerprint density at radius 3 is 2.47 bits per heavy atom. The lowest BCUT2D eigenvalue weighted by molar-refractivity contribution is -0.143. The lowest BCUT2D eigenvalue weighted by Crippen LogP contribution is -2.45. The van der Waals surface area contributed by atoms with Gasteiger partial charge in [-0.3, -0.25) is 9.59 Å². The molecular formula is C21H18N2O7. The fraction of sp³-hybridized carbons (Fsp3) is 0.143. The van der Waals surface area contributed by atoms with Crippen molar-refractivity contribution < 1.29 is 28.6 Å². The highest BCUT2D eigenvalue weighted by atomic mass is 16.5. The number of carboxylic acids is 1. The van der Waals surface area contributed by atoms with Crippen LogP contribution < -0.4 is 21.4 Å². The number of nitrogens with two attached hydrogens (primary N) is 1. The predicted molar refractivity (Wildman–Crippen MR) is 107 cm³/mol. The summed E-state index contributed by atoms with van der Waals surface area (Å²) in [7, 11) is 0. The number of carbonyl (C=O) groups is 3. The fourth-order valence-corrected chi connectivity index (χ4v) is 2.78. The van der Waals surface area contributed by atoms with E-state index in [-0.39, 0.29) is 0 Å². The Morgan fingerprint density at radius 1 is 1.10 bits per heavy atom. The lowest BCUT2D eigenvalue weighted by Gasteiger charge is -2.13. The minimum Gasteiger partial charge on any atom is -0.484 e. The molecule has 1 aromatic heterocycles. The average molecular weight is 410 g/mol. The van der Waals surface area contributed by atoms with Gasteiger partial charge in [0, 0.05) is 5.56 Å². The van der Waals surface area contributed by atoms with Gasteiger partial charge in [-0.1, -0.05) is 18.2 Å². The van der Waals surface area contributed by atoms with Crippen molar-refractivity contribution in [1.29, 1.82) is 0 Å². The smallest absolute Gasteiger partial charge is 0.344 e. The molecule has 0 aliphatic rings. The van der Waals surface area contributed by atoms with Crippen molar-refractivity contribution in [3.63, 3.8) is 0 Å². The third kappa shape index (κ3) is 5.02. The molecule has 9 nitrogen and oxygen atoms in total. The molecule has 3 rings (SSSR count). The molecule has 1 heterocycles. The zero-order valence-corrected chi connectivity index (χ0v) is 15.7. The van der Waals surface area contributed by atoms with Gasteiger partial charge in [-0.2, -0.15) is 0 Å². The number of ether oxygens (including phenoxy) is 1. The van der Waals surface area contributed by atoms with Crippen molar-refractivity contribution in [2.24, 2.45) is 5.73 Å². The summed E-state index contributed by atoms with van der Waals surface area (Å²) in [6.07, 6.45) is -0.521. The molecule has 4 N–H and O–H groups in total. The van der Waals surface area contributed by atoms with Gasteiger partial charge in [0.1, 0.15) is 17.6 Å². The maximum absolute atomic E-state index is 12.1. The summed E-state index contributed by atoms with van der Waals surface area (Å²) >= 11 is 0. The van der Waals surface area contributed by atoms with E-state index in [1.807, 2.05) is 12.1 Å². The van der Waals surface area contributed by atoms with Gasteiger partial charge in [0.2, 0.25) is 5.91 Å². The molecule has 2 amide bonds. The Bertz CT molecular complexity index is 1150. The highest BCUT2D eigenvalue weighted by Crippen LogP contribution is 2.24. The second-order valence-corrected chi connectivity index (χ2v) is 6.43. The molecule has 0 radical (unpaired) electrons. The van der Waals surface area contributed by atoms with Gasteiger partial charge >= 0.3 is 11.6 Å². The van der Waals surface area contributed by atoms with Crippen molar-refractivity contribution in [2.45, 2.75) is 12.5 Å². The molecular weight excluding hydrogens is 392 g/mol. The quantitative estimate of drug-likeness (QED) is 0.506. The van der Waals surface area contributed by atoms with E-state index in [4.69, 9.17) is 20.0 Å². The summed E-state index contributed by atoms with van der Waals surface area (Å²) in [6, 6.07) is 13.9. The number of nitrogens with one attached hydrogen (secondary N) is 1. The second-order valence-electron chi connectivity index (χ2n) is 6.43. The van der Waals surface area contributed by atoms with E-state index < -0.39 is 42.5 Å². The topological polar surface area (TPSA) is 149 Å². The molecule has 0 aliphatic carbocycles. The number of carboxylic acid groups (broad SMARTS) is 1. The van der Waals surface area contributed by atoms with Crippen molar-refractivity contribution >= 4 is 28.6 Å². The van der Waals surface area contributed by atoms with Crippen LogP contribution in [0.3, 0.4) is 0 Å². The summed E-state index contributed by atoms with van der Waals surface area (Å²) in [5.41, 5.74) is 5.16. The highest BCUT2D eigenvalue weighted by Gasteiger charge is 2.22. The lowest BCUT2D eigenvalue weighted by atomic mass is 10.1. The zero-order valence-electron chi connectivity index (χ0n) is 15.7. The third-order valence-corrected chi connectivity index (χ3v) is 4.22. The summed E-state index contributed by atoms with van der Waals surface area (Å²) in [5.74, 6) is -2.20. The van der Waals surface area contributed by atoms with Crippen molar-refractivity contribution in [2.75, 3.05) is 6.61 Å². The monoisotopic (exact) mass is 410 g/mol. The number of carbonyl (C=O) groups excluding carboxylic acids is 2. The van der Waals surface area contributed by atoms with Gasteiger partial charge in [-0.25, -0.2) is 9.59 Å². The Morgan fingerprint density at radius 2 is 1.80 bits per heavy atom. The fourth-order valence-electron chi connectivity index (χ4n) is 2.78. The molecule has 0 saturated carbocycles. The molecule has 3 aromatic rings. The van der Waals surface area contributed by atoms with Crippen LogP contribution in [0.5, 0.6) is 5.75 Å². The molecule has 2 aromatic carbocycles. The van der Waals surface area contributed by atoms with E-state index in [0.717, 1.165) is 5.39 Å². The van der Waals surface area contributed by atoms with Crippen LogP contribution in [0.1, 0.15) is 6.42 Å². The summed E-state index contributed by atoms with van der Waals surface area (Å²) in [4.78, 5) is 45.9. The maximum atomic E-state index is 12.1. The van der Waals surface area contributed by atoms with Gasteiger partial charge < -0.3 is 25.3 Å². The van der Waals surface area contributed by atoms with E-state index in [2.05, 4.69) is 5.32 Å². The van der Waals surface area contributed by atoms with Crippen LogP contribution in [0.15, 0.2) is 63.8 Å². The van der Waals surface area contributed by atoms with Gasteiger partial charge in [-0.15, -0.1) is 0 Å². The summed E-state index contributed by atoms with van der Waals surface area (Å²) < 4.78 is 10.7. The van der Waals surface area contributed by atoms with Crippen LogP contribution in [0, 0.1) is 0 Å². The Balaban J connectivity index is 1.65. The van der Waals surface area contributed by atoms with Crippen LogP contribution in [0.4, 0.5) is 0 Å². The molecule has 0 bridgehead atoms. The SMILES string of the molecule is NC(=O)C[C@@H](NC(=O)COc1ccc(-c2cc3ccccc3c(=O)o2)cc1)C(=O)O. The van der Waals surface area contributed by atoms with Gasteiger partial charge in [0.15, 0.2) is 6.61 Å².